The topological polar surface area (TPSA) is 94.8 Å². The van der Waals surface area contributed by atoms with Gasteiger partial charge in [-0.05, 0) is 12.1 Å². The zero-order chi connectivity index (χ0) is 15.8. The molecule has 9 heteroatoms. The molecule has 8 nitrogen and oxygen atoms in total. The minimum Gasteiger partial charge on any atom is -0.469 e. The Morgan fingerprint density at radius 1 is 1.52 bits per heavy atom. The number of hydrogen-bond acceptors (Lipinski definition) is 8. The summed E-state index contributed by atoms with van der Waals surface area (Å²) in [5, 5.41) is 12.4. The molecule has 3 aromatic rings. The highest BCUT2D eigenvalue weighted by molar-refractivity contribution is 7.21. The molecule has 118 valence electrons. The molecule has 0 saturated carbocycles. The Morgan fingerprint density at radius 3 is 3.26 bits per heavy atom. The summed E-state index contributed by atoms with van der Waals surface area (Å²) in [6.45, 7) is 1.06. The van der Waals surface area contributed by atoms with E-state index in [-0.39, 0.29) is 11.9 Å². The van der Waals surface area contributed by atoms with Crippen LogP contribution in [-0.2, 0) is 29.0 Å². The van der Waals surface area contributed by atoms with Gasteiger partial charge in [0.25, 0.3) is 0 Å². The lowest BCUT2D eigenvalue weighted by molar-refractivity contribution is -0.145. The van der Waals surface area contributed by atoms with E-state index in [2.05, 4.69) is 25.5 Å². The Balaban J connectivity index is 1.48. The SMILES string of the molecule is COC(=O)C1Cc2nnc(CNc3nc4cccnc4s3)n2C1. The van der Waals surface area contributed by atoms with Crippen molar-refractivity contribution in [3.05, 3.63) is 30.0 Å². The van der Waals surface area contributed by atoms with E-state index >= 15 is 0 Å². The molecule has 1 aliphatic heterocycles. The van der Waals surface area contributed by atoms with Crippen LogP contribution in [0.15, 0.2) is 18.3 Å². The lowest BCUT2D eigenvalue weighted by Crippen LogP contribution is -2.18. The van der Waals surface area contributed by atoms with Crippen molar-refractivity contribution in [1.29, 1.82) is 0 Å². The molecule has 0 aromatic carbocycles. The van der Waals surface area contributed by atoms with Gasteiger partial charge >= 0.3 is 5.97 Å². The number of methoxy groups -OCH3 is 1. The number of carbonyl (C=O) groups is 1. The van der Waals surface area contributed by atoms with Gasteiger partial charge in [0.1, 0.15) is 16.2 Å². The highest BCUT2D eigenvalue weighted by Crippen LogP contribution is 2.25. The molecule has 0 bridgehead atoms. The fraction of sp³-hybridized carbons (Fsp3) is 0.357. The van der Waals surface area contributed by atoms with E-state index in [4.69, 9.17) is 4.74 Å². The number of ether oxygens (including phenoxy) is 1. The number of thiazole rings is 1. The average Bonchev–Trinajstić information content (AvgIpc) is 3.25. The quantitative estimate of drug-likeness (QED) is 0.719. The van der Waals surface area contributed by atoms with Crippen LogP contribution in [0.25, 0.3) is 10.3 Å². The number of pyridine rings is 1. The Hall–Kier alpha value is -2.55. The molecule has 4 rings (SSSR count). The first-order valence-electron chi connectivity index (χ1n) is 7.19. The number of rotatable bonds is 4. The highest BCUT2D eigenvalue weighted by atomic mass is 32.1. The Bertz CT molecular complexity index is 840. The summed E-state index contributed by atoms with van der Waals surface area (Å²) in [5.41, 5.74) is 0.872. The van der Waals surface area contributed by atoms with Crippen LogP contribution in [0.2, 0.25) is 0 Å². The lowest BCUT2D eigenvalue weighted by atomic mass is 10.1. The summed E-state index contributed by atoms with van der Waals surface area (Å²) >= 11 is 1.50. The predicted molar refractivity (Wildman–Crippen MR) is 84.0 cm³/mol. The van der Waals surface area contributed by atoms with Crippen LogP contribution in [0.3, 0.4) is 0 Å². The lowest BCUT2D eigenvalue weighted by Gasteiger charge is -2.07. The largest absolute Gasteiger partial charge is 0.469 e. The molecule has 0 spiro atoms. The van der Waals surface area contributed by atoms with Gasteiger partial charge < -0.3 is 14.6 Å². The second-order valence-electron chi connectivity index (χ2n) is 5.27. The third kappa shape index (κ3) is 2.52. The number of anilines is 1. The van der Waals surface area contributed by atoms with E-state index in [1.54, 1.807) is 6.20 Å². The van der Waals surface area contributed by atoms with Crippen LogP contribution < -0.4 is 5.32 Å². The number of aromatic nitrogens is 5. The molecular weight excluding hydrogens is 316 g/mol. The predicted octanol–water partition coefficient (Wildman–Crippen LogP) is 1.24. The molecule has 0 aliphatic carbocycles. The molecule has 0 fully saturated rings. The van der Waals surface area contributed by atoms with Crippen LogP contribution in [0.1, 0.15) is 11.6 Å². The second kappa shape index (κ2) is 5.58. The minimum absolute atomic E-state index is 0.170. The van der Waals surface area contributed by atoms with Crippen molar-refractivity contribution in [2.45, 2.75) is 19.5 Å². The van der Waals surface area contributed by atoms with Gasteiger partial charge in [-0.3, -0.25) is 4.79 Å². The zero-order valence-electron chi connectivity index (χ0n) is 12.4. The van der Waals surface area contributed by atoms with Crippen molar-refractivity contribution in [3.8, 4) is 0 Å². The van der Waals surface area contributed by atoms with Gasteiger partial charge in [0, 0.05) is 19.2 Å². The van der Waals surface area contributed by atoms with Crippen LogP contribution in [0, 0.1) is 5.92 Å². The van der Waals surface area contributed by atoms with E-state index in [1.165, 1.54) is 18.4 Å². The van der Waals surface area contributed by atoms with Crippen molar-refractivity contribution < 1.29 is 9.53 Å². The number of nitrogens with zero attached hydrogens (tertiary/aromatic N) is 5. The molecule has 3 aromatic heterocycles. The molecule has 0 radical (unpaired) electrons. The smallest absolute Gasteiger partial charge is 0.310 e. The number of esters is 1. The Labute approximate surface area is 135 Å². The third-order valence-electron chi connectivity index (χ3n) is 3.83. The summed E-state index contributed by atoms with van der Waals surface area (Å²) < 4.78 is 6.78. The summed E-state index contributed by atoms with van der Waals surface area (Å²) in [7, 11) is 1.41. The molecule has 1 unspecified atom stereocenters. The van der Waals surface area contributed by atoms with E-state index in [0.29, 0.717) is 19.5 Å². The van der Waals surface area contributed by atoms with Crippen molar-refractivity contribution in [1.82, 2.24) is 24.7 Å². The van der Waals surface area contributed by atoms with Gasteiger partial charge in [-0.1, -0.05) is 11.3 Å². The Kier molecular flexibility index (Phi) is 3.41. The van der Waals surface area contributed by atoms with Gasteiger partial charge in [0.05, 0.1) is 19.6 Å². The van der Waals surface area contributed by atoms with Crippen LogP contribution in [0.5, 0.6) is 0 Å². The van der Waals surface area contributed by atoms with Crippen molar-refractivity contribution >= 4 is 32.8 Å². The number of carbonyl (C=O) groups excluding carboxylic acids is 1. The molecule has 1 atom stereocenters. The second-order valence-corrected chi connectivity index (χ2v) is 6.25. The number of nitrogens with one attached hydrogen (secondary N) is 1. The van der Waals surface area contributed by atoms with E-state index in [1.807, 2.05) is 16.7 Å². The van der Waals surface area contributed by atoms with Crippen LogP contribution >= 0.6 is 11.3 Å². The first-order valence-corrected chi connectivity index (χ1v) is 8.00. The molecule has 0 saturated heterocycles. The minimum atomic E-state index is -0.202. The van der Waals surface area contributed by atoms with Crippen molar-refractivity contribution in [2.24, 2.45) is 5.92 Å². The van der Waals surface area contributed by atoms with Gasteiger partial charge in [-0.25, -0.2) is 9.97 Å². The monoisotopic (exact) mass is 330 g/mol. The van der Waals surface area contributed by atoms with Crippen LogP contribution in [-0.4, -0.2) is 37.8 Å². The molecule has 23 heavy (non-hydrogen) atoms. The fourth-order valence-electron chi connectivity index (χ4n) is 2.69. The van der Waals surface area contributed by atoms with Gasteiger partial charge in [-0.2, -0.15) is 0 Å². The van der Waals surface area contributed by atoms with Crippen molar-refractivity contribution in [2.75, 3.05) is 12.4 Å². The molecular formula is C14H14N6O2S. The van der Waals surface area contributed by atoms with E-state index in [0.717, 1.165) is 27.1 Å². The summed E-state index contributed by atoms with van der Waals surface area (Å²) in [6.07, 6.45) is 2.33. The Morgan fingerprint density at radius 2 is 2.43 bits per heavy atom. The standard InChI is InChI=1S/C14H14N6O2S/c1-22-13(21)8-5-10-18-19-11(20(10)7-8)6-16-14-17-9-3-2-4-15-12(9)23-14/h2-4,8H,5-7H2,1H3,(H,16,17). The maximum Gasteiger partial charge on any atom is 0.310 e. The summed E-state index contributed by atoms with van der Waals surface area (Å²) in [6, 6.07) is 3.80. The van der Waals surface area contributed by atoms with E-state index in [9.17, 15) is 4.79 Å². The number of fused-ring (bicyclic) bond motifs is 2. The van der Waals surface area contributed by atoms with Crippen LogP contribution in [0.4, 0.5) is 5.13 Å². The van der Waals surface area contributed by atoms with Gasteiger partial charge in [0.15, 0.2) is 11.0 Å². The third-order valence-corrected chi connectivity index (χ3v) is 4.77. The normalized spacial score (nSPS) is 16.5. The average molecular weight is 330 g/mol. The maximum atomic E-state index is 11.7. The van der Waals surface area contributed by atoms with Gasteiger partial charge in [0.2, 0.25) is 0 Å². The summed E-state index contributed by atoms with van der Waals surface area (Å²) in [5.74, 6) is 1.24. The van der Waals surface area contributed by atoms with Gasteiger partial charge in [-0.15, -0.1) is 10.2 Å². The highest BCUT2D eigenvalue weighted by Gasteiger charge is 2.31. The fourth-order valence-corrected chi connectivity index (χ4v) is 3.50. The first-order chi connectivity index (χ1) is 11.2. The van der Waals surface area contributed by atoms with E-state index < -0.39 is 0 Å². The maximum absolute atomic E-state index is 11.7. The summed E-state index contributed by atoms with van der Waals surface area (Å²) in [4.78, 5) is 21.3. The molecule has 4 heterocycles. The molecule has 0 amide bonds. The molecule has 1 N–H and O–H groups in total. The number of hydrogen-bond donors (Lipinski definition) is 1. The first kappa shape index (κ1) is 14.1. The van der Waals surface area contributed by atoms with Crippen molar-refractivity contribution in [3.63, 3.8) is 0 Å². The zero-order valence-corrected chi connectivity index (χ0v) is 13.2. The molecule has 1 aliphatic rings.